The average Bonchev–Trinajstić information content (AvgIpc) is 3.03. The van der Waals surface area contributed by atoms with Gasteiger partial charge < -0.3 is 10.6 Å². The maximum Gasteiger partial charge on any atom is 0.242 e. The van der Waals surface area contributed by atoms with Crippen LogP contribution in [0.2, 0.25) is 0 Å². The van der Waals surface area contributed by atoms with Crippen LogP contribution in [0.25, 0.3) is 0 Å². The van der Waals surface area contributed by atoms with Crippen molar-refractivity contribution in [1.29, 1.82) is 0 Å². The first-order valence-corrected chi connectivity index (χ1v) is 15.4. The number of nitrogens with one attached hydrogen (secondary N) is 2. The zero-order valence-corrected chi connectivity index (χ0v) is 24.8. The Balaban J connectivity index is 1.47. The summed E-state index contributed by atoms with van der Waals surface area (Å²) in [5, 5.41) is 6.10. The second kappa shape index (κ2) is 15.2. The fraction of sp³-hybridized carbons (Fsp3) is 0.278. The molecule has 2 amide bonds. The number of thioether (sulfide) groups is 1. The van der Waals surface area contributed by atoms with Crippen molar-refractivity contribution in [2.45, 2.75) is 43.9 Å². The molecule has 0 spiro atoms. The third-order valence-electron chi connectivity index (χ3n) is 7.56. The van der Waals surface area contributed by atoms with E-state index < -0.39 is 10.8 Å². The molecule has 0 aliphatic rings. The fourth-order valence-electron chi connectivity index (χ4n) is 5.10. The predicted molar refractivity (Wildman–Crippen MR) is 171 cm³/mol. The lowest BCUT2D eigenvalue weighted by molar-refractivity contribution is -0.130. The average molecular weight is 565 g/mol. The van der Waals surface area contributed by atoms with E-state index in [0.717, 1.165) is 29.5 Å². The van der Waals surface area contributed by atoms with Crippen molar-refractivity contribution in [3.05, 3.63) is 144 Å². The van der Waals surface area contributed by atoms with Crippen LogP contribution in [0.5, 0.6) is 0 Å². The Kier molecular flexibility index (Phi) is 11.2. The Morgan fingerprint density at radius 1 is 0.732 bits per heavy atom. The third kappa shape index (κ3) is 7.89. The van der Waals surface area contributed by atoms with E-state index in [-0.39, 0.29) is 17.7 Å². The number of carbonyl (C=O) groups is 2. The minimum atomic E-state index is -0.560. The van der Waals surface area contributed by atoms with Gasteiger partial charge in [-0.1, -0.05) is 142 Å². The molecule has 0 fully saturated rings. The number of benzene rings is 4. The van der Waals surface area contributed by atoms with Crippen molar-refractivity contribution in [2.24, 2.45) is 5.92 Å². The van der Waals surface area contributed by atoms with Crippen LogP contribution in [0.15, 0.2) is 121 Å². The second-order valence-corrected chi connectivity index (χ2v) is 11.6. The lowest BCUT2D eigenvalue weighted by atomic mass is 9.84. The van der Waals surface area contributed by atoms with Gasteiger partial charge in [-0.05, 0) is 34.6 Å². The summed E-state index contributed by atoms with van der Waals surface area (Å²) in [6, 6.07) is 41.0. The number of rotatable bonds is 14. The first kappa shape index (κ1) is 30.1. The highest BCUT2D eigenvalue weighted by Crippen LogP contribution is 2.48. The summed E-state index contributed by atoms with van der Waals surface area (Å²) in [6.07, 6.45) is 1.86. The van der Waals surface area contributed by atoms with Gasteiger partial charge in [-0.2, -0.15) is 0 Å². The van der Waals surface area contributed by atoms with Gasteiger partial charge in [0.25, 0.3) is 0 Å². The van der Waals surface area contributed by atoms with Gasteiger partial charge in [0.15, 0.2) is 0 Å². The van der Waals surface area contributed by atoms with E-state index in [1.54, 1.807) is 11.8 Å². The van der Waals surface area contributed by atoms with Crippen LogP contribution in [0.4, 0.5) is 0 Å². The molecule has 0 aliphatic carbocycles. The Hall–Kier alpha value is -3.83. The molecule has 2 N–H and O–H groups in total. The van der Waals surface area contributed by atoms with Crippen molar-refractivity contribution >= 4 is 23.6 Å². The summed E-state index contributed by atoms with van der Waals surface area (Å²) in [5.74, 6) is 0.390. The molecule has 4 nitrogen and oxygen atoms in total. The van der Waals surface area contributed by atoms with Gasteiger partial charge >= 0.3 is 0 Å². The molecule has 0 saturated heterocycles. The van der Waals surface area contributed by atoms with Gasteiger partial charge in [-0.25, -0.2) is 0 Å². The molecule has 212 valence electrons. The zero-order chi connectivity index (χ0) is 28.9. The smallest absolute Gasteiger partial charge is 0.242 e. The first-order chi connectivity index (χ1) is 20.0. The van der Waals surface area contributed by atoms with Crippen LogP contribution >= 0.6 is 11.8 Å². The number of amides is 2. The number of carbonyl (C=O) groups excluding carboxylic acids is 2. The maximum atomic E-state index is 13.3. The van der Waals surface area contributed by atoms with Crippen molar-refractivity contribution in [3.8, 4) is 0 Å². The molecule has 0 aliphatic heterocycles. The van der Waals surface area contributed by atoms with E-state index in [4.69, 9.17) is 0 Å². The van der Waals surface area contributed by atoms with Crippen LogP contribution < -0.4 is 10.6 Å². The fourth-order valence-corrected chi connectivity index (χ4v) is 6.60. The van der Waals surface area contributed by atoms with Gasteiger partial charge in [-0.15, -0.1) is 11.8 Å². The van der Waals surface area contributed by atoms with Crippen molar-refractivity contribution < 1.29 is 9.59 Å². The largest absolute Gasteiger partial charge is 0.354 e. The second-order valence-electron chi connectivity index (χ2n) is 10.3. The summed E-state index contributed by atoms with van der Waals surface area (Å²) in [5.41, 5.74) is 4.67. The Morgan fingerprint density at radius 3 is 1.66 bits per heavy atom. The SMILES string of the molecule is CC[C@H](C)[C@H](NC(=O)CCSC(c1ccccc1)(c1ccccc1)c1ccccc1)C(=O)NCCc1ccccc1. The van der Waals surface area contributed by atoms with E-state index >= 15 is 0 Å². The summed E-state index contributed by atoms with van der Waals surface area (Å²) in [4.78, 5) is 26.4. The molecular weight excluding hydrogens is 524 g/mol. The van der Waals surface area contributed by atoms with Crippen molar-refractivity contribution in [2.75, 3.05) is 12.3 Å². The molecule has 0 unspecified atom stereocenters. The molecule has 4 rings (SSSR count). The lowest BCUT2D eigenvalue weighted by Crippen LogP contribution is -2.50. The minimum Gasteiger partial charge on any atom is -0.354 e. The van der Waals surface area contributed by atoms with E-state index in [9.17, 15) is 9.59 Å². The maximum absolute atomic E-state index is 13.3. The lowest BCUT2D eigenvalue weighted by Gasteiger charge is -2.35. The Bertz CT molecular complexity index is 1250. The van der Waals surface area contributed by atoms with Gasteiger partial charge in [0.2, 0.25) is 11.8 Å². The monoisotopic (exact) mass is 564 g/mol. The molecule has 0 saturated carbocycles. The zero-order valence-electron chi connectivity index (χ0n) is 24.0. The quantitative estimate of drug-likeness (QED) is 0.162. The predicted octanol–water partition coefficient (Wildman–Crippen LogP) is 6.99. The molecule has 0 radical (unpaired) electrons. The Morgan fingerprint density at radius 2 is 1.20 bits per heavy atom. The van der Waals surface area contributed by atoms with Crippen molar-refractivity contribution in [1.82, 2.24) is 10.6 Å². The van der Waals surface area contributed by atoms with Crippen LogP contribution in [0.3, 0.4) is 0 Å². The van der Waals surface area contributed by atoms with Gasteiger partial charge in [0, 0.05) is 18.7 Å². The van der Waals surface area contributed by atoms with Crippen LogP contribution in [-0.2, 0) is 20.8 Å². The van der Waals surface area contributed by atoms with E-state index in [2.05, 4.69) is 95.6 Å². The highest BCUT2D eigenvalue weighted by atomic mass is 32.2. The third-order valence-corrected chi connectivity index (χ3v) is 9.10. The first-order valence-electron chi connectivity index (χ1n) is 14.5. The van der Waals surface area contributed by atoms with E-state index in [1.807, 2.05) is 50.2 Å². The topological polar surface area (TPSA) is 58.2 Å². The molecule has 0 heterocycles. The molecule has 4 aromatic carbocycles. The summed E-state index contributed by atoms with van der Waals surface area (Å²) in [7, 11) is 0. The Labute approximate surface area is 249 Å². The molecule has 41 heavy (non-hydrogen) atoms. The summed E-state index contributed by atoms with van der Waals surface area (Å²) >= 11 is 1.76. The van der Waals surface area contributed by atoms with Crippen LogP contribution in [0, 0.1) is 5.92 Å². The van der Waals surface area contributed by atoms with E-state index in [1.165, 1.54) is 5.56 Å². The molecule has 5 heteroatoms. The highest BCUT2D eigenvalue weighted by Gasteiger charge is 2.37. The molecule has 2 atom stereocenters. The molecule has 0 bridgehead atoms. The molecular formula is C36H40N2O2S. The summed E-state index contributed by atoms with van der Waals surface area (Å²) < 4.78 is -0.477. The number of hydrogen-bond acceptors (Lipinski definition) is 3. The van der Waals surface area contributed by atoms with Crippen LogP contribution in [-0.4, -0.2) is 30.2 Å². The van der Waals surface area contributed by atoms with Gasteiger partial charge in [0.1, 0.15) is 6.04 Å². The van der Waals surface area contributed by atoms with Crippen molar-refractivity contribution in [3.63, 3.8) is 0 Å². The van der Waals surface area contributed by atoms with Gasteiger partial charge in [0.05, 0.1) is 4.75 Å². The minimum absolute atomic E-state index is 0.0281. The molecule has 4 aromatic rings. The normalized spacial score (nSPS) is 12.7. The van der Waals surface area contributed by atoms with Crippen LogP contribution in [0.1, 0.15) is 48.9 Å². The van der Waals surface area contributed by atoms with E-state index in [0.29, 0.717) is 18.7 Å². The highest BCUT2D eigenvalue weighted by molar-refractivity contribution is 8.00. The van der Waals surface area contributed by atoms with Gasteiger partial charge in [-0.3, -0.25) is 9.59 Å². The summed E-state index contributed by atoms with van der Waals surface area (Å²) in [6.45, 7) is 4.60. The molecule has 0 aromatic heterocycles. The standard InChI is InChI=1S/C36H40N2O2S/c1-3-28(2)34(35(40)37-26-24-29-16-8-4-9-17-29)38-33(39)25-27-41-36(30-18-10-5-11-19-30,31-20-12-6-13-21-31)32-22-14-7-15-23-32/h4-23,28,34H,3,24-27H2,1-2H3,(H,37,40)(H,38,39)/t28-,34-/m0/s1. The number of hydrogen-bond donors (Lipinski definition) is 2.